The fraction of sp³-hybridized carbons (Fsp3) is 0.308. The first-order valence-corrected chi connectivity index (χ1v) is 6.65. The van der Waals surface area contributed by atoms with Crippen molar-refractivity contribution in [2.45, 2.75) is 19.8 Å². The van der Waals surface area contributed by atoms with Crippen LogP contribution < -0.4 is 5.32 Å². The first kappa shape index (κ1) is 12.4. The molecule has 0 unspecified atom stereocenters. The number of aryl methyl sites for hydroxylation is 1. The normalized spacial score (nSPS) is 10.7. The second kappa shape index (κ2) is 5.53. The van der Waals surface area contributed by atoms with Gasteiger partial charge in [0.2, 0.25) is 5.91 Å². The van der Waals surface area contributed by atoms with Crippen LogP contribution in [0.4, 0.5) is 0 Å². The Balaban J connectivity index is 2.03. The van der Waals surface area contributed by atoms with Crippen LogP contribution in [0.2, 0.25) is 0 Å². The Morgan fingerprint density at radius 1 is 1.47 bits per heavy atom. The third-order valence-electron chi connectivity index (χ3n) is 2.61. The molecule has 0 bridgehead atoms. The number of carbonyl (C=O) groups is 1. The SMILES string of the molecule is CC(=O)NCCCc1coc2ccc(I)cc12. The van der Waals surface area contributed by atoms with Gasteiger partial charge in [0.25, 0.3) is 0 Å². The van der Waals surface area contributed by atoms with Crippen LogP contribution in [0.5, 0.6) is 0 Å². The summed E-state index contributed by atoms with van der Waals surface area (Å²) in [7, 11) is 0. The number of fused-ring (bicyclic) bond motifs is 1. The van der Waals surface area contributed by atoms with Crippen LogP contribution in [0.1, 0.15) is 18.9 Å². The quantitative estimate of drug-likeness (QED) is 0.685. The molecule has 0 radical (unpaired) electrons. The number of hydrogen-bond acceptors (Lipinski definition) is 2. The summed E-state index contributed by atoms with van der Waals surface area (Å²) in [6.07, 6.45) is 3.67. The van der Waals surface area contributed by atoms with E-state index >= 15 is 0 Å². The fourth-order valence-corrected chi connectivity index (χ4v) is 2.28. The standard InChI is InChI=1S/C13H14INO2/c1-9(16)15-6-2-3-10-8-17-13-5-4-11(14)7-12(10)13/h4-5,7-8H,2-3,6H2,1H3,(H,15,16). The van der Waals surface area contributed by atoms with E-state index in [0.29, 0.717) is 6.54 Å². The van der Waals surface area contributed by atoms with E-state index in [-0.39, 0.29) is 5.91 Å². The van der Waals surface area contributed by atoms with Gasteiger partial charge in [0.1, 0.15) is 5.58 Å². The molecule has 1 aromatic heterocycles. The Hall–Kier alpha value is -1.04. The van der Waals surface area contributed by atoms with Crippen molar-refractivity contribution in [1.29, 1.82) is 0 Å². The molecule has 90 valence electrons. The second-order valence-electron chi connectivity index (χ2n) is 3.99. The zero-order chi connectivity index (χ0) is 12.3. The van der Waals surface area contributed by atoms with Gasteiger partial charge in [0.15, 0.2) is 0 Å². The summed E-state index contributed by atoms with van der Waals surface area (Å²) < 4.78 is 6.70. The predicted molar refractivity (Wildman–Crippen MR) is 75.9 cm³/mol. The van der Waals surface area contributed by atoms with Crippen LogP contribution in [-0.4, -0.2) is 12.5 Å². The molecule has 2 rings (SSSR count). The summed E-state index contributed by atoms with van der Waals surface area (Å²) in [5.74, 6) is 0.0246. The molecule has 4 heteroatoms. The van der Waals surface area contributed by atoms with Crippen molar-refractivity contribution in [1.82, 2.24) is 5.32 Å². The Morgan fingerprint density at radius 3 is 3.06 bits per heavy atom. The molecule has 2 aromatic rings. The van der Waals surface area contributed by atoms with Crippen LogP contribution in [0, 0.1) is 3.57 Å². The number of hydrogen-bond donors (Lipinski definition) is 1. The smallest absolute Gasteiger partial charge is 0.216 e. The van der Waals surface area contributed by atoms with Crippen molar-refractivity contribution in [2.24, 2.45) is 0 Å². The molecule has 17 heavy (non-hydrogen) atoms. The molecule has 0 saturated carbocycles. The Kier molecular flexibility index (Phi) is 4.04. The van der Waals surface area contributed by atoms with Gasteiger partial charge in [-0.25, -0.2) is 0 Å². The van der Waals surface area contributed by atoms with Crippen molar-refractivity contribution < 1.29 is 9.21 Å². The van der Waals surface area contributed by atoms with Crippen LogP contribution in [-0.2, 0) is 11.2 Å². The molecule has 1 aromatic carbocycles. The van der Waals surface area contributed by atoms with Crippen molar-refractivity contribution in [3.63, 3.8) is 0 Å². The minimum Gasteiger partial charge on any atom is -0.464 e. The third kappa shape index (κ3) is 3.21. The van der Waals surface area contributed by atoms with Crippen molar-refractivity contribution in [3.05, 3.63) is 33.6 Å². The van der Waals surface area contributed by atoms with E-state index in [9.17, 15) is 4.79 Å². The number of amides is 1. The van der Waals surface area contributed by atoms with Crippen molar-refractivity contribution in [3.8, 4) is 0 Å². The molecule has 0 saturated heterocycles. The maximum Gasteiger partial charge on any atom is 0.216 e. The monoisotopic (exact) mass is 343 g/mol. The lowest BCUT2D eigenvalue weighted by Gasteiger charge is -2.01. The Labute approximate surface area is 114 Å². The minimum atomic E-state index is 0.0246. The van der Waals surface area contributed by atoms with Gasteiger partial charge in [-0.05, 0) is 59.2 Å². The number of benzene rings is 1. The second-order valence-corrected chi connectivity index (χ2v) is 5.23. The molecule has 0 aliphatic heterocycles. The molecular weight excluding hydrogens is 329 g/mol. The first-order valence-electron chi connectivity index (χ1n) is 5.57. The zero-order valence-corrected chi connectivity index (χ0v) is 11.8. The fourth-order valence-electron chi connectivity index (χ4n) is 1.79. The highest BCUT2D eigenvalue weighted by Crippen LogP contribution is 2.24. The van der Waals surface area contributed by atoms with Gasteiger partial charge < -0.3 is 9.73 Å². The molecular formula is C13H14INO2. The van der Waals surface area contributed by atoms with Crippen LogP contribution in [0.25, 0.3) is 11.0 Å². The number of nitrogens with one attached hydrogen (secondary N) is 1. The van der Waals surface area contributed by atoms with Gasteiger partial charge in [0, 0.05) is 22.4 Å². The highest BCUT2D eigenvalue weighted by Gasteiger charge is 2.05. The lowest BCUT2D eigenvalue weighted by atomic mass is 10.1. The van der Waals surface area contributed by atoms with Crippen molar-refractivity contribution >= 4 is 39.5 Å². The largest absolute Gasteiger partial charge is 0.464 e. The van der Waals surface area contributed by atoms with E-state index < -0.39 is 0 Å². The number of furan rings is 1. The summed E-state index contributed by atoms with van der Waals surface area (Å²) in [4.78, 5) is 10.7. The third-order valence-corrected chi connectivity index (χ3v) is 3.28. The summed E-state index contributed by atoms with van der Waals surface area (Å²) in [6.45, 7) is 2.25. The van der Waals surface area contributed by atoms with Crippen LogP contribution in [0.15, 0.2) is 28.9 Å². The average Bonchev–Trinajstić information content (AvgIpc) is 2.67. The molecule has 0 aliphatic carbocycles. The molecule has 1 amide bonds. The molecule has 1 heterocycles. The number of rotatable bonds is 4. The number of halogens is 1. The Bertz CT molecular complexity index is 533. The van der Waals surface area contributed by atoms with Gasteiger partial charge in [0.05, 0.1) is 6.26 Å². The highest BCUT2D eigenvalue weighted by atomic mass is 127. The van der Waals surface area contributed by atoms with E-state index in [4.69, 9.17) is 4.42 Å². The molecule has 0 atom stereocenters. The van der Waals surface area contributed by atoms with E-state index in [1.165, 1.54) is 21.4 Å². The molecule has 1 N–H and O–H groups in total. The van der Waals surface area contributed by atoms with Gasteiger partial charge in [-0.1, -0.05) is 0 Å². The van der Waals surface area contributed by atoms with Gasteiger partial charge >= 0.3 is 0 Å². The summed E-state index contributed by atoms with van der Waals surface area (Å²) in [6, 6.07) is 6.16. The minimum absolute atomic E-state index is 0.0246. The topological polar surface area (TPSA) is 42.2 Å². The summed E-state index contributed by atoms with van der Waals surface area (Å²) in [5, 5.41) is 3.98. The molecule has 3 nitrogen and oxygen atoms in total. The van der Waals surface area contributed by atoms with E-state index in [2.05, 4.69) is 34.0 Å². The van der Waals surface area contributed by atoms with E-state index in [0.717, 1.165) is 18.4 Å². The summed E-state index contributed by atoms with van der Waals surface area (Å²) >= 11 is 2.30. The van der Waals surface area contributed by atoms with Crippen molar-refractivity contribution in [2.75, 3.05) is 6.54 Å². The van der Waals surface area contributed by atoms with E-state index in [1.54, 1.807) is 0 Å². The first-order chi connectivity index (χ1) is 8.16. The molecule has 0 aliphatic rings. The highest BCUT2D eigenvalue weighted by molar-refractivity contribution is 14.1. The molecule has 0 fully saturated rings. The molecule has 0 spiro atoms. The predicted octanol–water partition coefficient (Wildman–Crippen LogP) is 3.11. The van der Waals surface area contributed by atoms with Gasteiger partial charge in [-0.2, -0.15) is 0 Å². The van der Waals surface area contributed by atoms with E-state index in [1.807, 2.05) is 18.4 Å². The Morgan fingerprint density at radius 2 is 2.29 bits per heavy atom. The average molecular weight is 343 g/mol. The summed E-state index contributed by atoms with van der Waals surface area (Å²) in [5.41, 5.74) is 2.14. The van der Waals surface area contributed by atoms with Crippen LogP contribution >= 0.6 is 22.6 Å². The van der Waals surface area contributed by atoms with Gasteiger partial charge in [-0.3, -0.25) is 4.79 Å². The van der Waals surface area contributed by atoms with Crippen LogP contribution in [0.3, 0.4) is 0 Å². The lowest BCUT2D eigenvalue weighted by molar-refractivity contribution is -0.118. The number of carbonyl (C=O) groups excluding carboxylic acids is 1. The zero-order valence-electron chi connectivity index (χ0n) is 9.63. The maximum absolute atomic E-state index is 10.7. The van der Waals surface area contributed by atoms with Gasteiger partial charge in [-0.15, -0.1) is 0 Å². The lowest BCUT2D eigenvalue weighted by Crippen LogP contribution is -2.21. The maximum atomic E-state index is 10.7.